The molecule has 1 amide bonds. The second-order valence-electron chi connectivity index (χ2n) is 7.87. The Labute approximate surface area is 194 Å². The van der Waals surface area contributed by atoms with Gasteiger partial charge in [0.2, 0.25) is 12.7 Å². The fourth-order valence-electron chi connectivity index (χ4n) is 3.69. The van der Waals surface area contributed by atoms with Crippen LogP contribution in [0.25, 0.3) is 11.0 Å². The standard InChI is InChI=1S/C23H26N4O5S/c1-4-5-6-15-11-25-21-19(22(29)27(3)23(30)26(21)2)20(15)33-12-18(28)24-10-14-7-8-16-17(9-14)32-13-31-16/h7-9,11H,4-6,10,12-13H2,1-3H3,(H,24,28). The number of nitrogens with one attached hydrogen (secondary N) is 1. The van der Waals surface area contributed by atoms with E-state index in [-0.39, 0.29) is 18.5 Å². The molecule has 3 aromatic rings. The maximum Gasteiger partial charge on any atom is 0.332 e. The van der Waals surface area contributed by atoms with Gasteiger partial charge in [0.15, 0.2) is 11.5 Å². The van der Waals surface area contributed by atoms with E-state index in [1.807, 2.05) is 18.2 Å². The fourth-order valence-corrected chi connectivity index (χ4v) is 4.73. The van der Waals surface area contributed by atoms with E-state index in [4.69, 9.17) is 9.47 Å². The molecule has 174 valence electrons. The van der Waals surface area contributed by atoms with E-state index in [9.17, 15) is 14.4 Å². The van der Waals surface area contributed by atoms with Gasteiger partial charge in [0.05, 0.1) is 11.1 Å². The summed E-state index contributed by atoms with van der Waals surface area (Å²) in [5, 5.41) is 3.28. The van der Waals surface area contributed by atoms with Gasteiger partial charge in [0, 0.05) is 31.7 Å². The fraction of sp³-hybridized carbons (Fsp3) is 0.391. The van der Waals surface area contributed by atoms with E-state index >= 15 is 0 Å². The quantitative estimate of drug-likeness (QED) is 0.503. The third kappa shape index (κ3) is 4.61. The predicted octanol–water partition coefficient (Wildman–Crippen LogP) is 2.11. The Morgan fingerprint density at radius 2 is 1.97 bits per heavy atom. The normalized spacial score (nSPS) is 12.3. The summed E-state index contributed by atoms with van der Waals surface area (Å²) in [7, 11) is 3.05. The zero-order valence-electron chi connectivity index (χ0n) is 18.8. The van der Waals surface area contributed by atoms with Crippen LogP contribution < -0.4 is 26.0 Å². The highest BCUT2D eigenvalue weighted by Gasteiger charge is 2.19. The lowest BCUT2D eigenvalue weighted by Crippen LogP contribution is -2.37. The highest BCUT2D eigenvalue weighted by molar-refractivity contribution is 8.00. The third-order valence-corrected chi connectivity index (χ3v) is 6.73. The van der Waals surface area contributed by atoms with E-state index in [0.29, 0.717) is 34.0 Å². The van der Waals surface area contributed by atoms with Crippen LogP contribution in [0.4, 0.5) is 0 Å². The molecule has 0 unspecified atom stereocenters. The number of rotatable bonds is 8. The Kier molecular flexibility index (Phi) is 6.73. The zero-order valence-corrected chi connectivity index (χ0v) is 19.7. The number of pyridine rings is 1. The van der Waals surface area contributed by atoms with Gasteiger partial charge in [-0.3, -0.25) is 18.7 Å². The van der Waals surface area contributed by atoms with Crippen LogP contribution >= 0.6 is 11.8 Å². The molecule has 0 spiro atoms. The van der Waals surface area contributed by atoms with Gasteiger partial charge >= 0.3 is 5.69 Å². The van der Waals surface area contributed by atoms with Gasteiger partial charge in [-0.05, 0) is 36.1 Å². The average molecular weight is 471 g/mol. The van der Waals surface area contributed by atoms with Gasteiger partial charge in [0.1, 0.15) is 5.65 Å². The number of carbonyl (C=O) groups excluding carboxylic acids is 1. The SMILES string of the molecule is CCCCc1cnc2c(c1SCC(=O)NCc1ccc3c(c1)OCO3)c(=O)n(C)c(=O)n2C. The molecule has 10 heteroatoms. The smallest absolute Gasteiger partial charge is 0.332 e. The summed E-state index contributed by atoms with van der Waals surface area (Å²) < 4.78 is 13.1. The number of hydrogen-bond donors (Lipinski definition) is 1. The molecule has 3 heterocycles. The molecule has 0 saturated heterocycles. The summed E-state index contributed by atoms with van der Waals surface area (Å²) in [6, 6.07) is 5.55. The summed E-state index contributed by atoms with van der Waals surface area (Å²) in [5.41, 5.74) is 1.31. The predicted molar refractivity (Wildman–Crippen MR) is 126 cm³/mol. The maximum atomic E-state index is 13.0. The lowest BCUT2D eigenvalue weighted by molar-refractivity contribution is -0.118. The first-order valence-corrected chi connectivity index (χ1v) is 11.7. The number of carbonyl (C=O) groups is 1. The molecule has 1 aliphatic heterocycles. The summed E-state index contributed by atoms with van der Waals surface area (Å²) in [5.74, 6) is 1.34. The Balaban J connectivity index is 1.55. The molecule has 0 aliphatic carbocycles. The highest BCUT2D eigenvalue weighted by atomic mass is 32.2. The number of thioether (sulfide) groups is 1. The molecule has 1 N–H and O–H groups in total. The van der Waals surface area contributed by atoms with E-state index in [2.05, 4.69) is 17.2 Å². The second kappa shape index (κ2) is 9.70. The van der Waals surface area contributed by atoms with Crippen molar-refractivity contribution in [3.05, 3.63) is 56.4 Å². The van der Waals surface area contributed by atoms with Crippen molar-refractivity contribution in [2.45, 2.75) is 37.6 Å². The largest absolute Gasteiger partial charge is 0.454 e. The van der Waals surface area contributed by atoms with Gasteiger partial charge in [0.25, 0.3) is 5.56 Å². The van der Waals surface area contributed by atoms with Crippen molar-refractivity contribution in [2.75, 3.05) is 12.5 Å². The number of fused-ring (bicyclic) bond motifs is 2. The number of unbranched alkanes of at least 4 members (excludes halogenated alkanes) is 1. The molecule has 1 aromatic carbocycles. The van der Waals surface area contributed by atoms with Crippen molar-refractivity contribution in [3.63, 3.8) is 0 Å². The number of ether oxygens (including phenoxy) is 2. The van der Waals surface area contributed by atoms with Crippen LogP contribution in [0.15, 0.2) is 38.9 Å². The van der Waals surface area contributed by atoms with E-state index in [1.54, 1.807) is 13.2 Å². The van der Waals surface area contributed by atoms with Crippen molar-refractivity contribution < 1.29 is 14.3 Å². The lowest BCUT2D eigenvalue weighted by Gasteiger charge is -2.14. The van der Waals surface area contributed by atoms with Crippen molar-refractivity contribution in [2.24, 2.45) is 14.1 Å². The molecule has 2 aromatic heterocycles. The number of aryl methyl sites for hydroxylation is 2. The molecular weight excluding hydrogens is 444 g/mol. The van der Waals surface area contributed by atoms with Gasteiger partial charge in [-0.15, -0.1) is 11.8 Å². The molecular formula is C23H26N4O5S. The van der Waals surface area contributed by atoms with E-state index < -0.39 is 11.2 Å². The van der Waals surface area contributed by atoms with Crippen LogP contribution in [0.2, 0.25) is 0 Å². The first-order chi connectivity index (χ1) is 15.9. The summed E-state index contributed by atoms with van der Waals surface area (Å²) in [4.78, 5) is 43.0. The Morgan fingerprint density at radius 3 is 2.76 bits per heavy atom. The minimum absolute atomic E-state index is 0.134. The number of amides is 1. The van der Waals surface area contributed by atoms with Crippen LogP contribution in [0.1, 0.15) is 30.9 Å². The minimum Gasteiger partial charge on any atom is -0.454 e. The Bertz CT molecular complexity index is 1330. The molecule has 0 radical (unpaired) electrons. The first-order valence-electron chi connectivity index (χ1n) is 10.8. The highest BCUT2D eigenvalue weighted by Crippen LogP contribution is 2.32. The van der Waals surface area contributed by atoms with E-state index in [1.165, 1.54) is 23.4 Å². The topological polar surface area (TPSA) is 104 Å². The molecule has 9 nitrogen and oxygen atoms in total. The molecule has 0 saturated carbocycles. The third-order valence-electron chi connectivity index (χ3n) is 5.57. The Morgan fingerprint density at radius 1 is 1.18 bits per heavy atom. The number of benzene rings is 1. The van der Waals surface area contributed by atoms with Crippen molar-refractivity contribution in [1.82, 2.24) is 19.4 Å². The Hall–Kier alpha value is -3.27. The first kappa shape index (κ1) is 22.9. The van der Waals surface area contributed by atoms with Crippen molar-refractivity contribution in [3.8, 4) is 11.5 Å². The lowest BCUT2D eigenvalue weighted by atomic mass is 10.1. The van der Waals surface area contributed by atoms with E-state index in [0.717, 1.165) is 35.0 Å². The van der Waals surface area contributed by atoms with Crippen LogP contribution in [-0.2, 0) is 31.9 Å². The minimum atomic E-state index is -0.432. The monoisotopic (exact) mass is 470 g/mol. The summed E-state index contributed by atoms with van der Waals surface area (Å²) >= 11 is 1.30. The summed E-state index contributed by atoms with van der Waals surface area (Å²) in [6.07, 6.45) is 4.38. The average Bonchev–Trinajstić information content (AvgIpc) is 3.30. The zero-order chi connectivity index (χ0) is 23.5. The van der Waals surface area contributed by atoms with Crippen LogP contribution in [0.5, 0.6) is 11.5 Å². The van der Waals surface area contributed by atoms with Crippen molar-refractivity contribution in [1.29, 1.82) is 0 Å². The van der Waals surface area contributed by atoms with Crippen molar-refractivity contribution >= 4 is 28.7 Å². The number of aromatic nitrogens is 3. The molecule has 0 atom stereocenters. The van der Waals surface area contributed by atoms with Crippen LogP contribution in [0, 0.1) is 0 Å². The van der Waals surface area contributed by atoms with Gasteiger partial charge in [-0.1, -0.05) is 19.4 Å². The van der Waals surface area contributed by atoms with Gasteiger partial charge in [-0.25, -0.2) is 9.78 Å². The number of nitrogens with zero attached hydrogens (tertiary/aromatic N) is 3. The van der Waals surface area contributed by atoms with Crippen LogP contribution in [-0.4, -0.2) is 32.6 Å². The maximum absolute atomic E-state index is 13.0. The van der Waals surface area contributed by atoms with Crippen LogP contribution in [0.3, 0.4) is 0 Å². The van der Waals surface area contributed by atoms with Gasteiger partial charge in [-0.2, -0.15) is 0 Å². The molecule has 4 rings (SSSR count). The molecule has 33 heavy (non-hydrogen) atoms. The molecule has 1 aliphatic rings. The summed E-state index contributed by atoms with van der Waals surface area (Å²) in [6.45, 7) is 2.65. The second-order valence-corrected chi connectivity index (χ2v) is 8.86. The van der Waals surface area contributed by atoms with Gasteiger partial charge < -0.3 is 14.8 Å². The molecule has 0 fully saturated rings. The molecule has 0 bridgehead atoms. The number of hydrogen-bond acceptors (Lipinski definition) is 7.